The molecule has 2 N–H and O–H groups in total. The predicted molar refractivity (Wildman–Crippen MR) is 51.3 cm³/mol. The molecular formula is C9H14F3NO4. The van der Waals surface area contributed by atoms with Gasteiger partial charge in [0.25, 0.3) is 0 Å². The Morgan fingerprint density at radius 1 is 1.41 bits per heavy atom. The van der Waals surface area contributed by atoms with Crippen molar-refractivity contribution in [2.75, 3.05) is 13.2 Å². The lowest BCUT2D eigenvalue weighted by atomic mass is 10.1. The van der Waals surface area contributed by atoms with E-state index in [2.05, 4.69) is 10.1 Å². The number of carbonyl (C=O) groups excluding carboxylic acids is 1. The molecule has 0 amide bonds. The van der Waals surface area contributed by atoms with Crippen molar-refractivity contribution in [3.8, 4) is 0 Å². The van der Waals surface area contributed by atoms with Crippen LogP contribution in [0.25, 0.3) is 0 Å². The standard InChI is InChI=1S/C9H14F3NO4/c1-3-17-8(16)5(2)13-4-6(7(14)15)9(10,11)12/h5-6,13H,3-4H2,1-2H3,(H,14,15). The highest BCUT2D eigenvalue weighted by Crippen LogP contribution is 2.25. The van der Waals surface area contributed by atoms with Gasteiger partial charge < -0.3 is 15.2 Å². The van der Waals surface area contributed by atoms with Gasteiger partial charge in [0.2, 0.25) is 0 Å². The molecule has 2 atom stereocenters. The summed E-state index contributed by atoms with van der Waals surface area (Å²) in [5.41, 5.74) is 0. The maximum Gasteiger partial charge on any atom is 0.403 e. The first-order chi connectivity index (χ1) is 7.70. The van der Waals surface area contributed by atoms with Crippen molar-refractivity contribution in [1.29, 1.82) is 0 Å². The molecule has 0 heterocycles. The van der Waals surface area contributed by atoms with E-state index in [0.29, 0.717) is 0 Å². The number of carbonyl (C=O) groups is 2. The second kappa shape index (κ2) is 6.43. The van der Waals surface area contributed by atoms with Crippen LogP contribution in [0.5, 0.6) is 0 Å². The monoisotopic (exact) mass is 257 g/mol. The minimum absolute atomic E-state index is 0.104. The number of carboxylic acids is 1. The van der Waals surface area contributed by atoms with Gasteiger partial charge in [-0.25, -0.2) is 0 Å². The highest BCUT2D eigenvalue weighted by atomic mass is 19.4. The summed E-state index contributed by atoms with van der Waals surface area (Å²) in [5, 5.41) is 10.6. The molecule has 17 heavy (non-hydrogen) atoms. The number of carboxylic acid groups (broad SMARTS) is 1. The number of aliphatic carboxylic acids is 1. The smallest absolute Gasteiger partial charge is 0.403 e. The molecule has 0 rings (SSSR count). The molecule has 0 fully saturated rings. The third-order valence-electron chi connectivity index (χ3n) is 1.96. The van der Waals surface area contributed by atoms with Gasteiger partial charge in [0.1, 0.15) is 6.04 Å². The van der Waals surface area contributed by atoms with E-state index in [1.165, 1.54) is 6.92 Å². The van der Waals surface area contributed by atoms with Gasteiger partial charge >= 0.3 is 18.1 Å². The number of hydrogen-bond donors (Lipinski definition) is 2. The van der Waals surface area contributed by atoms with E-state index in [9.17, 15) is 22.8 Å². The molecule has 5 nitrogen and oxygen atoms in total. The van der Waals surface area contributed by atoms with Crippen LogP contribution >= 0.6 is 0 Å². The van der Waals surface area contributed by atoms with Gasteiger partial charge in [0, 0.05) is 6.54 Å². The SMILES string of the molecule is CCOC(=O)C(C)NCC(C(=O)O)C(F)(F)F. The second-order valence-electron chi connectivity index (χ2n) is 3.31. The molecule has 0 aliphatic rings. The molecule has 0 spiro atoms. The van der Waals surface area contributed by atoms with Gasteiger partial charge in [0.15, 0.2) is 5.92 Å². The van der Waals surface area contributed by atoms with Crippen LogP contribution in [-0.2, 0) is 14.3 Å². The Morgan fingerprint density at radius 2 is 1.94 bits per heavy atom. The quantitative estimate of drug-likeness (QED) is 0.688. The fourth-order valence-electron chi connectivity index (χ4n) is 0.988. The summed E-state index contributed by atoms with van der Waals surface area (Å²) < 4.78 is 41.3. The third kappa shape index (κ3) is 5.53. The Kier molecular flexibility index (Phi) is 5.94. The summed E-state index contributed by atoms with van der Waals surface area (Å²) >= 11 is 0. The largest absolute Gasteiger partial charge is 0.481 e. The molecule has 100 valence electrons. The van der Waals surface area contributed by atoms with Crippen LogP contribution in [0, 0.1) is 5.92 Å². The van der Waals surface area contributed by atoms with Crippen LogP contribution in [0.4, 0.5) is 13.2 Å². The van der Waals surface area contributed by atoms with E-state index in [1.54, 1.807) is 6.92 Å². The molecule has 0 bridgehead atoms. The fourth-order valence-corrected chi connectivity index (χ4v) is 0.988. The van der Waals surface area contributed by atoms with E-state index in [4.69, 9.17) is 5.11 Å². The maximum atomic E-state index is 12.2. The van der Waals surface area contributed by atoms with Crippen molar-refractivity contribution >= 4 is 11.9 Å². The number of hydrogen-bond acceptors (Lipinski definition) is 4. The van der Waals surface area contributed by atoms with Gasteiger partial charge in [0.05, 0.1) is 6.61 Å². The number of ether oxygens (including phenoxy) is 1. The van der Waals surface area contributed by atoms with Gasteiger partial charge in [-0.1, -0.05) is 0 Å². The zero-order chi connectivity index (χ0) is 13.6. The summed E-state index contributed by atoms with van der Waals surface area (Å²) in [7, 11) is 0. The fraction of sp³-hybridized carbons (Fsp3) is 0.778. The molecule has 2 unspecified atom stereocenters. The van der Waals surface area contributed by atoms with Crippen molar-refractivity contribution in [3.05, 3.63) is 0 Å². The molecule has 0 radical (unpaired) electrons. The molecule has 8 heteroatoms. The zero-order valence-electron chi connectivity index (χ0n) is 9.37. The van der Waals surface area contributed by atoms with Crippen molar-refractivity contribution < 1.29 is 32.6 Å². The Bertz CT molecular complexity index is 280. The molecule has 0 aliphatic carbocycles. The van der Waals surface area contributed by atoms with E-state index >= 15 is 0 Å². The average Bonchev–Trinajstić information content (AvgIpc) is 2.15. The Morgan fingerprint density at radius 3 is 2.29 bits per heavy atom. The van der Waals surface area contributed by atoms with Crippen molar-refractivity contribution in [2.24, 2.45) is 5.92 Å². The van der Waals surface area contributed by atoms with Gasteiger partial charge in [-0.15, -0.1) is 0 Å². The van der Waals surface area contributed by atoms with Gasteiger partial charge in [-0.3, -0.25) is 9.59 Å². The second-order valence-corrected chi connectivity index (χ2v) is 3.31. The normalized spacial score (nSPS) is 15.1. The Labute approximate surface area is 95.9 Å². The van der Waals surface area contributed by atoms with E-state index in [0.717, 1.165) is 0 Å². The molecular weight excluding hydrogens is 243 g/mol. The Balaban J connectivity index is 4.33. The molecule has 0 aliphatic heterocycles. The predicted octanol–water partition coefficient (Wildman–Crippen LogP) is 0.791. The van der Waals surface area contributed by atoms with Crippen molar-refractivity contribution in [3.63, 3.8) is 0 Å². The summed E-state index contributed by atoms with van der Waals surface area (Å²) in [6.07, 6.45) is -4.85. The van der Waals surface area contributed by atoms with Gasteiger partial charge in [-0.2, -0.15) is 13.2 Å². The lowest BCUT2D eigenvalue weighted by molar-refractivity contribution is -0.193. The van der Waals surface area contributed by atoms with E-state index in [1.807, 2.05) is 0 Å². The van der Waals surface area contributed by atoms with Crippen LogP contribution < -0.4 is 5.32 Å². The number of esters is 1. The first-order valence-corrected chi connectivity index (χ1v) is 4.89. The van der Waals surface area contributed by atoms with Crippen molar-refractivity contribution in [2.45, 2.75) is 26.1 Å². The number of alkyl halides is 3. The van der Waals surface area contributed by atoms with E-state index in [-0.39, 0.29) is 6.61 Å². The van der Waals surface area contributed by atoms with E-state index < -0.39 is 36.6 Å². The molecule has 0 aromatic rings. The lowest BCUT2D eigenvalue weighted by Gasteiger charge is -2.19. The van der Waals surface area contributed by atoms with Crippen molar-refractivity contribution in [1.82, 2.24) is 5.32 Å². The molecule has 0 aromatic heterocycles. The minimum atomic E-state index is -4.85. The number of rotatable bonds is 6. The highest BCUT2D eigenvalue weighted by molar-refractivity contribution is 5.75. The zero-order valence-corrected chi connectivity index (χ0v) is 9.37. The van der Waals surface area contributed by atoms with Crippen LogP contribution in [0.1, 0.15) is 13.8 Å². The first-order valence-electron chi connectivity index (χ1n) is 4.89. The molecule has 0 saturated heterocycles. The number of nitrogens with one attached hydrogen (secondary N) is 1. The summed E-state index contributed by atoms with van der Waals surface area (Å²) in [4.78, 5) is 21.4. The highest BCUT2D eigenvalue weighted by Gasteiger charge is 2.45. The maximum absolute atomic E-state index is 12.2. The lowest BCUT2D eigenvalue weighted by Crippen LogP contribution is -2.44. The van der Waals surface area contributed by atoms with Crippen LogP contribution in [0.15, 0.2) is 0 Å². The first kappa shape index (κ1) is 15.7. The minimum Gasteiger partial charge on any atom is -0.481 e. The topological polar surface area (TPSA) is 75.6 Å². The molecule has 0 aromatic carbocycles. The van der Waals surface area contributed by atoms with Gasteiger partial charge in [-0.05, 0) is 13.8 Å². The summed E-state index contributed by atoms with van der Waals surface area (Å²) in [6.45, 7) is 2.08. The Hall–Kier alpha value is -1.31. The summed E-state index contributed by atoms with van der Waals surface area (Å²) in [5.74, 6) is -5.25. The average molecular weight is 257 g/mol. The molecule has 0 saturated carbocycles. The van der Waals surface area contributed by atoms with Crippen LogP contribution in [-0.4, -0.2) is 42.4 Å². The third-order valence-corrected chi connectivity index (χ3v) is 1.96. The summed E-state index contributed by atoms with van der Waals surface area (Å²) in [6, 6.07) is -0.987. The van der Waals surface area contributed by atoms with Crippen LogP contribution in [0.3, 0.4) is 0 Å². The number of halogens is 3. The van der Waals surface area contributed by atoms with Crippen LogP contribution in [0.2, 0.25) is 0 Å².